The van der Waals surface area contributed by atoms with Gasteiger partial charge in [0.1, 0.15) is 15.8 Å². The Morgan fingerprint density at radius 3 is 2.73 bits per heavy atom. The summed E-state index contributed by atoms with van der Waals surface area (Å²) in [5.74, 6) is 1.10. The Bertz CT molecular complexity index is 1130. The van der Waals surface area contributed by atoms with Crippen molar-refractivity contribution in [1.29, 1.82) is 0 Å². The second-order valence-electron chi connectivity index (χ2n) is 7.84. The van der Waals surface area contributed by atoms with Crippen LogP contribution in [-0.2, 0) is 4.79 Å². The molecule has 0 saturated carbocycles. The number of pyridine rings is 1. The van der Waals surface area contributed by atoms with E-state index in [1.165, 1.54) is 16.7 Å². The maximum absolute atomic E-state index is 13.5. The Morgan fingerprint density at radius 2 is 2.03 bits per heavy atom. The highest BCUT2D eigenvalue weighted by Crippen LogP contribution is 2.34. The molecule has 2 aliphatic rings. The molecule has 2 aromatic heterocycles. The van der Waals surface area contributed by atoms with Crippen LogP contribution >= 0.6 is 24.0 Å². The molecule has 156 valence electrons. The quantitative estimate of drug-likeness (QED) is 0.411. The maximum atomic E-state index is 13.5. The molecular weight excluding hydrogens is 416 g/mol. The fourth-order valence-electron chi connectivity index (χ4n) is 3.75. The number of hydrogen-bond donors (Lipinski definition) is 0. The first-order chi connectivity index (χ1) is 14.4. The number of carbonyl (C=O) groups is 1. The van der Waals surface area contributed by atoms with Crippen LogP contribution in [0.1, 0.15) is 30.9 Å². The van der Waals surface area contributed by atoms with Gasteiger partial charge in [-0.1, -0.05) is 43.0 Å². The van der Waals surface area contributed by atoms with E-state index in [-0.39, 0.29) is 11.5 Å². The third-order valence-electron chi connectivity index (χ3n) is 5.53. The third-order valence-corrected chi connectivity index (χ3v) is 6.91. The minimum absolute atomic E-state index is 0.175. The zero-order valence-corrected chi connectivity index (χ0v) is 18.8. The van der Waals surface area contributed by atoms with Crippen molar-refractivity contribution >= 4 is 51.7 Å². The Kier molecular flexibility index (Phi) is 5.79. The SMILES string of the molecule is C=CCN1C(=O)/C(=C/c2c(N3CCC(C)CC3)nc3ccc(C)cn3c2=O)SC1=S. The fourth-order valence-corrected chi connectivity index (χ4v) is 5.01. The largest absolute Gasteiger partial charge is 0.356 e. The normalized spacial score (nSPS) is 19.3. The minimum Gasteiger partial charge on any atom is -0.356 e. The summed E-state index contributed by atoms with van der Waals surface area (Å²) < 4.78 is 2.03. The Morgan fingerprint density at radius 1 is 1.30 bits per heavy atom. The van der Waals surface area contributed by atoms with Gasteiger partial charge in [-0.15, -0.1) is 6.58 Å². The third kappa shape index (κ3) is 3.81. The summed E-state index contributed by atoms with van der Waals surface area (Å²) in [5, 5.41) is 0. The molecule has 0 bridgehead atoms. The lowest BCUT2D eigenvalue weighted by molar-refractivity contribution is -0.121. The smallest absolute Gasteiger partial charge is 0.267 e. The number of nitrogens with zero attached hydrogens (tertiary/aromatic N) is 4. The molecule has 1 amide bonds. The first kappa shape index (κ1) is 20.8. The van der Waals surface area contributed by atoms with Gasteiger partial charge in [-0.05, 0) is 43.4 Å². The van der Waals surface area contributed by atoms with Crippen molar-refractivity contribution in [3.63, 3.8) is 0 Å². The number of hydrogen-bond acceptors (Lipinski definition) is 6. The van der Waals surface area contributed by atoms with Gasteiger partial charge >= 0.3 is 0 Å². The van der Waals surface area contributed by atoms with E-state index >= 15 is 0 Å². The molecule has 0 unspecified atom stereocenters. The molecule has 2 saturated heterocycles. The summed E-state index contributed by atoms with van der Waals surface area (Å²) in [6, 6.07) is 3.81. The number of anilines is 1. The molecule has 0 atom stereocenters. The second kappa shape index (κ2) is 8.35. The maximum Gasteiger partial charge on any atom is 0.267 e. The van der Waals surface area contributed by atoms with E-state index in [1.807, 2.05) is 19.1 Å². The second-order valence-corrected chi connectivity index (χ2v) is 9.52. The minimum atomic E-state index is -0.197. The highest BCUT2D eigenvalue weighted by atomic mass is 32.2. The standard InChI is InChI=1S/C22H24N4O2S2/c1-4-9-25-21(28)17(30-22(25)29)12-16-19(24-10-7-14(2)8-11-24)23-18-6-5-15(3)13-26(18)20(16)27/h4-6,12-14H,1,7-11H2,2-3H3/b17-12-. The zero-order valence-electron chi connectivity index (χ0n) is 17.1. The number of amides is 1. The fraction of sp³-hybridized carbons (Fsp3) is 0.364. The van der Waals surface area contributed by atoms with Crippen molar-refractivity contribution in [2.75, 3.05) is 24.5 Å². The number of aryl methyl sites for hydroxylation is 1. The van der Waals surface area contributed by atoms with Gasteiger partial charge in [0.05, 0.1) is 10.5 Å². The van der Waals surface area contributed by atoms with Gasteiger partial charge < -0.3 is 4.90 Å². The first-order valence-electron chi connectivity index (χ1n) is 10.0. The van der Waals surface area contributed by atoms with E-state index < -0.39 is 0 Å². The summed E-state index contributed by atoms with van der Waals surface area (Å²) in [4.78, 5) is 35.2. The van der Waals surface area contributed by atoms with Crippen LogP contribution in [0.3, 0.4) is 0 Å². The monoisotopic (exact) mass is 440 g/mol. The average molecular weight is 441 g/mol. The molecular formula is C22H24N4O2S2. The molecule has 0 spiro atoms. The van der Waals surface area contributed by atoms with Crippen LogP contribution in [0.2, 0.25) is 0 Å². The van der Waals surface area contributed by atoms with Crippen LogP contribution in [0.5, 0.6) is 0 Å². The van der Waals surface area contributed by atoms with Crippen LogP contribution in [0, 0.1) is 12.8 Å². The van der Waals surface area contributed by atoms with E-state index in [9.17, 15) is 9.59 Å². The molecule has 0 aromatic carbocycles. The molecule has 2 aliphatic heterocycles. The predicted octanol–water partition coefficient (Wildman–Crippen LogP) is 3.63. The molecule has 0 radical (unpaired) electrons. The molecule has 0 aliphatic carbocycles. The van der Waals surface area contributed by atoms with Crippen LogP contribution in [0.4, 0.5) is 5.82 Å². The summed E-state index contributed by atoms with van der Waals surface area (Å²) in [6.45, 7) is 9.91. The number of rotatable bonds is 4. The lowest BCUT2D eigenvalue weighted by Crippen LogP contribution is -2.36. The number of carbonyl (C=O) groups excluding carboxylic acids is 1. The van der Waals surface area contributed by atoms with Crippen LogP contribution in [-0.4, -0.2) is 44.1 Å². The average Bonchev–Trinajstić information content (AvgIpc) is 2.99. The van der Waals surface area contributed by atoms with Crippen molar-refractivity contribution in [1.82, 2.24) is 14.3 Å². The lowest BCUT2D eigenvalue weighted by Gasteiger charge is -2.32. The highest BCUT2D eigenvalue weighted by molar-refractivity contribution is 8.26. The van der Waals surface area contributed by atoms with Crippen LogP contribution < -0.4 is 10.5 Å². The summed E-state index contributed by atoms with van der Waals surface area (Å²) in [7, 11) is 0. The summed E-state index contributed by atoms with van der Waals surface area (Å²) in [5.41, 5.74) is 1.84. The van der Waals surface area contributed by atoms with Gasteiger partial charge in [0.15, 0.2) is 0 Å². The summed E-state index contributed by atoms with van der Waals surface area (Å²) in [6.07, 6.45) is 7.20. The van der Waals surface area contributed by atoms with Crippen LogP contribution in [0.25, 0.3) is 11.7 Å². The number of fused-ring (bicyclic) bond motifs is 1. The highest BCUT2D eigenvalue weighted by Gasteiger charge is 2.32. The topological polar surface area (TPSA) is 57.9 Å². The summed E-state index contributed by atoms with van der Waals surface area (Å²) >= 11 is 6.56. The van der Waals surface area contributed by atoms with E-state index in [4.69, 9.17) is 17.2 Å². The number of thioether (sulfide) groups is 1. The van der Waals surface area contributed by atoms with Crippen molar-refractivity contribution in [3.8, 4) is 0 Å². The number of aromatic nitrogens is 2. The van der Waals surface area contributed by atoms with Gasteiger partial charge in [0.2, 0.25) is 0 Å². The van der Waals surface area contributed by atoms with E-state index in [2.05, 4.69) is 18.4 Å². The van der Waals surface area contributed by atoms with Crippen molar-refractivity contribution < 1.29 is 4.79 Å². The Labute approximate surface area is 185 Å². The molecule has 8 heteroatoms. The number of piperidine rings is 1. The molecule has 0 N–H and O–H groups in total. The van der Waals surface area contributed by atoms with Crippen molar-refractivity contribution in [3.05, 3.63) is 57.4 Å². The molecule has 6 nitrogen and oxygen atoms in total. The van der Waals surface area contributed by atoms with Crippen molar-refractivity contribution in [2.45, 2.75) is 26.7 Å². The molecule has 4 rings (SSSR count). The van der Waals surface area contributed by atoms with Crippen molar-refractivity contribution in [2.24, 2.45) is 5.92 Å². The first-order valence-corrected chi connectivity index (χ1v) is 11.3. The van der Waals surface area contributed by atoms with E-state index in [0.717, 1.165) is 31.5 Å². The van der Waals surface area contributed by atoms with E-state index in [0.29, 0.717) is 38.7 Å². The number of thiocarbonyl (C=S) groups is 1. The van der Waals surface area contributed by atoms with Gasteiger partial charge in [-0.3, -0.25) is 18.9 Å². The van der Waals surface area contributed by atoms with Gasteiger partial charge in [0, 0.05) is 25.8 Å². The molecule has 2 fully saturated rings. The zero-order chi connectivity index (χ0) is 21.4. The Balaban J connectivity index is 1.87. The Hall–Kier alpha value is -2.45. The lowest BCUT2D eigenvalue weighted by atomic mass is 9.99. The van der Waals surface area contributed by atoms with Crippen LogP contribution in [0.15, 0.2) is 40.7 Å². The molecule has 30 heavy (non-hydrogen) atoms. The van der Waals surface area contributed by atoms with Gasteiger partial charge in [-0.25, -0.2) is 4.98 Å². The van der Waals surface area contributed by atoms with Gasteiger partial charge in [-0.2, -0.15) is 0 Å². The van der Waals surface area contributed by atoms with Gasteiger partial charge in [0.25, 0.3) is 11.5 Å². The predicted molar refractivity (Wildman–Crippen MR) is 127 cm³/mol. The van der Waals surface area contributed by atoms with E-state index in [1.54, 1.807) is 22.7 Å². The molecule has 4 heterocycles. The molecule has 2 aromatic rings.